The number of rotatable bonds is 3. The molecule has 0 saturated carbocycles. The molecule has 0 amide bonds. The number of nitrogens with two attached hydrogens (primary N) is 1. The van der Waals surface area contributed by atoms with Gasteiger partial charge in [-0.05, 0) is 18.2 Å². The molecule has 1 aromatic carbocycles. The van der Waals surface area contributed by atoms with Crippen LogP contribution in [0.1, 0.15) is 5.56 Å². The molecule has 0 aromatic heterocycles. The Kier molecular flexibility index (Phi) is 3.09. The highest BCUT2D eigenvalue weighted by molar-refractivity contribution is 7.80. The van der Waals surface area contributed by atoms with Crippen LogP contribution in [0.3, 0.4) is 0 Å². The van der Waals surface area contributed by atoms with Gasteiger partial charge in [-0.2, -0.15) is 0 Å². The van der Waals surface area contributed by atoms with E-state index in [1.807, 2.05) is 0 Å². The lowest BCUT2D eigenvalue weighted by molar-refractivity contribution is -0.0796. The lowest BCUT2D eigenvalue weighted by Gasteiger charge is -2.26. The number of hydrogen-bond donors (Lipinski definition) is 1. The second-order valence-corrected chi connectivity index (χ2v) is 4.13. The molecule has 1 aliphatic rings. The molecular weight excluding hydrogens is 234 g/mol. The second kappa shape index (κ2) is 4.35. The highest BCUT2D eigenvalue weighted by Gasteiger charge is 2.20. The van der Waals surface area contributed by atoms with E-state index in [1.165, 1.54) is 0 Å². The standard InChI is InChI=1S/C10H10ClNO2S/c11-9-3-6(14-7-4-13-5-7)1-2-8(9)10(12)15/h1-3,7H,4-5H2,(H2,12,15). The molecule has 1 saturated heterocycles. The Balaban J connectivity index is 2.13. The summed E-state index contributed by atoms with van der Waals surface area (Å²) in [6.45, 7) is 1.27. The molecule has 15 heavy (non-hydrogen) atoms. The zero-order valence-corrected chi connectivity index (χ0v) is 9.48. The second-order valence-electron chi connectivity index (χ2n) is 3.28. The maximum absolute atomic E-state index is 5.99. The lowest BCUT2D eigenvalue weighted by Crippen LogP contribution is -2.38. The fraction of sp³-hybridized carbons (Fsp3) is 0.300. The Labute approximate surface area is 98.1 Å². The Bertz CT molecular complexity index is 393. The molecule has 0 unspecified atom stereocenters. The van der Waals surface area contributed by atoms with E-state index in [1.54, 1.807) is 18.2 Å². The molecule has 0 spiro atoms. The predicted molar refractivity (Wildman–Crippen MR) is 62.6 cm³/mol. The van der Waals surface area contributed by atoms with Crippen LogP contribution in [0.15, 0.2) is 18.2 Å². The third kappa shape index (κ3) is 2.40. The number of halogens is 1. The molecule has 5 heteroatoms. The minimum Gasteiger partial charge on any atom is -0.486 e. The van der Waals surface area contributed by atoms with Crippen molar-refractivity contribution in [3.05, 3.63) is 28.8 Å². The van der Waals surface area contributed by atoms with E-state index >= 15 is 0 Å². The summed E-state index contributed by atoms with van der Waals surface area (Å²) >= 11 is 10.8. The summed E-state index contributed by atoms with van der Waals surface area (Å²) in [5, 5.41) is 0.514. The van der Waals surface area contributed by atoms with Crippen LogP contribution in [0.2, 0.25) is 5.02 Å². The van der Waals surface area contributed by atoms with Crippen molar-refractivity contribution in [1.82, 2.24) is 0 Å². The van der Waals surface area contributed by atoms with Gasteiger partial charge in [0.05, 0.1) is 18.2 Å². The van der Waals surface area contributed by atoms with E-state index < -0.39 is 0 Å². The predicted octanol–water partition coefficient (Wildman–Crippen LogP) is 1.75. The first kappa shape index (κ1) is 10.7. The molecule has 3 nitrogen and oxygen atoms in total. The van der Waals surface area contributed by atoms with Crippen LogP contribution in [0.5, 0.6) is 5.75 Å². The summed E-state index contributed by atoms with van der Waals surface area (Å²) in [6.07, 6.45) is 0.136. The van der Waals surface area contributed by atoms with Crippen LogP contribution in [-0.2, 0) is 4.74 Å². The minimum atomic E-state index is 0.136. The summed E-state index contributed by atoms with van der Waals surface area (Å²) < 4.78 is 10.6. The molecule has 0 bridgehead atoms. The van der Waals surface area contributed by atoms with E-state index in [9.17, 15) is 0 Å². The third-order valence-corrected chi connectivity index (χ3v) is 2.65. The molecule has 2 rings (SSSR count). The van der Waals surface area contributed by atoms with Crippen molar-refractivity contribution in [2.45, 2.75) is 6.10 Å². The first-order valence-electron chi connectivity index (χ1n) is 4.50. The average Bonchev–Trinajstić information content (AvgIpc) is 2.11. The van der Waals surface area contributed by atoms with Crippen molar-refractivity contribution in [3.8, 4) is 5.75 Å². The quantitative estimate of drug-likeness (QED) is 0.822. The van der Waals surface area contributed by atoms with Gasteiger partial charge in [0.25, 0.3) is 0 Å². The fourth-order valence-corrected chi connectivity index (χ4v) is 1.75. The molecule has 1 aromatic rings. The summed E-state index contributed by atoms with van der Waals surface area (Å²) in [4.78, 5) is 0.290. The van der Waals surface area contributed by atoms with Gasteiger partial charge in [-0.1, -0.05) is 23.8 Å². The van der Waals surface area contributed by atoms with E-state index in [0.717, 1.165) is 0 Å². The van der Waals surface area contributed by atoms with Crippen LogP contribution in [0.25, 0.3) is 0 Å². The Morgan fingerprint density at radius 2 is 2.27 bits per heavy atom. The van der Waals surface area contributed by atoms with Crippen molar-refractivity contribution in [1.29, 1.82) is 0 Å². The summed E-state index contributed by atoms with van der Waals surface area (Å²) in [7, 11) is 0. The number of ether oxygens (including phenoxy) is 2. The largest absolute Gasteiger partial charge is 0.486 e. The molecule has 0 radical (unpaired) electrons. The molecule has 1 aliphatic heterocycles. The van der Waals surface area contributed by atoms with Crippen LogP contribution < -0.4 is 10.5 Å². The fourth-order valence-electron chi connectivity index (χ4n) is 1.24. The average molecular weight is 244 g/mol. The van der Waals surface area contributed by atoms with Crippen molar-refractivity contribution in [2.75, 3.05) is 13.2 Å². The van der Waals surface area contributed by atoms with Gasteiger partial charge in [0.2, 0.25) is 0 Å². The van der Waals surface area contributed by atoms with Gasteiger partial charge in [0, 0.05) is 5.56 Å². The van der Waals surface area contributed by atoms with Crippen molar-refractivity contribution < 1.29 is 9.47 Å². The van der Waals surface area contributed by atoms with Crippen molar-refractivity contribution in [3.63, 3.8) is 0 Å². The van der Waals surface area contributed by atoms with Crippen molar-refractivity contribution in [2.24, 2.45) is 5.73 Å². The van der Waals surface area contributed by atoms with Gasteiger partial charge in [-0.15, -0.1) is 0 Å². The summed E-state index contributed by atoms with van der Waals surface area (Å²) in [6, 6.07) is 5.28. The molecule has 0 aliphatic carbocycles. The van der Waals surface area contributed by atoms with Gasteiger partial charge >= 0.3 is 0 Å². The number of hydrogen-bond acceptors (Lipinski definition) is 3. The number of benzene rings is 1. The molecule has 1 fully saturated rings. The van der Waals surface area contributed by atoms with Gasteiger partial charge in [0.15, 0.2) is 0 Å². The van der Waals surface area contributed by atoms with Crippen LogP contribution in [0, 0.1) is 0 Å². The summed E-state index contributed by atoms with van der Waals surface area (Å²) in [5.74, 6) is 0.716. The Morgan fingerprint density at radius 1 is 1.53 bits per heavy atom. The Morgan fingerprint density at radius 3 is 2.73 bits per heavy atom. The number of thiocarbonyl (C=S) groups is 1. The summed E-state index contributed by atoms with van der Waals surface area (Å²) in [5.41, 5.74) is 6.16. The zero-order valence-electron chi connectivity index (χ0n) is 7.90. The van der Waals surface area contributed by atoms with E-state index in [4.69, 9.17) is 39.0 Å². The van der Waals surface area contributed by atoms with E-state index in [0.29, 0.717) is 34.5 Å². The lowest BCUT2D eigenvalue weighted by atomic mass is 10.2. The van der Waals surface area contributed by atoms with E-state index in [2.05, 4.69) is 0 Å². The van der Waals surface area contributed by atoms with Crippen LogP contribution in [-0.4, -0.2) is 24.3 Å². The maximum Gasteiger partial charge on any atom is 0.145 e. The maximum atomic E-state index is 5.99. The van der Waals surface area contributed by atoms with E-state index in [-0.39, 0.29) is 6.10 Å². The topological polar surface area (TPSA) is 44.5 Å². The monoisotopic (exact) mass is 243 g/mol. The minimum absolute atomic E-state index is 0.136. The van der Waals surface area contributed by atoms with Gasteiger partial charge in [-0.3, -0.25) is 0 Å². The highest BCUT2D eigenvalue weighted by Crippen LogP contribution is 2.24. The van der Waals surface area contributed by atoms with Crippen LogP contribution >= 0.6 is 23.8 Å². The zero-order chi connectivity index (χ0) is 10.8. The smallest absolute Gasteiger partial charge is 0.145 e. The first-order chi connectivity index (χ1) is 7.16. The molecule has 1 heterocycles. The van der Waals surface area contributed by atoms with Gasteiger partial charge < -0.3 is 15.2 Å². The molecule has 80 valence electrons. The third-order valence-electron chi connectivity index (χ3n) is 2.12. The van der Waals surface area contributed by atoms with Crippen LogP contribution in [0.4, 0.5) is 0 Å². The molecular formula is C10H10ClNO2S. The van der Waals surface area contributed by atoms with Gasteiger partial charge in [0.1, 0.15) is 16.8 Å². The first-order valence-corrected chi connectivity index (χ1v) is 5.29. The molecule has 0 atom stereocenters. The Hall–Kier alpha value is -0.840. The normalized spacial score (nSPS) is 15.8. The molecule has 2 N–H and O–H groups in total. The highest BCUT2D eigenvalue weighted by atomic mass is 35.5. The van der Waals surface area contributed by atoms with Gasteiger partial charge in [-0.25, -0.2) is 0 Å². The SMILES string of the molecule is NC(=S)c1ccc(OC2COC2)cc1Cl. The van der Waals surface area contributed by atoms with Crippen molar-refractivity contribution >= 4 is 28.8 Å².